The van der Waals surface area contributed by atoms with E-state index >= 15 is 0 Å². The molecule has 1 N–H and O–H groups in total. The van der Waals surface area contributed by atoms with Crippen LogP contribution in [-0.4, -0.2) is 18.4 Å². The van der Waals surface area contributed by atoms with Crippen molar-refractivity contribution in [1.82, 2.24) is 5.32 Å². The Kier molecular flexibility index (Phi) is 4.72. The van der Waals surface area contributed by atoms with Crippen LogP contribution in [0.3, 0.4) is 0 Å². The van der Waals surface area contributed by atoms with E-state index in [2.05, 4.69) is 5.32 Å². The smallest absolute Gasteiger partial charge is 0.330 e. The standard InChI is InChI=1S/C17H17NO3/c1-12-6-5-8-14(10-12)21-16(19)11-18-17(20)15-9-4-3-7-13(15)2/h3-10H,11H2,1-2H3,(H,18,20). The number of hydrogen-bond donors (Lipinski definition) is 1. The van der Waals surface area contributed by atoms with Gasteiger partial charge in [-0.1, -0.05) is 30.3 Å². The van der Waals surface area contributed by atoms with Crippen LogP contribution in [0.2, 0.25) is 0 Å². The normalized spacial score (nSPS) is 10.0. The highest BCUT2D eigenvalue weighted by molar-refractivity contribution is 5.97. The minimum atomic E-state index is -0.498. The Labute approximate surface area is 123 Å². The molecule has 0 fully saturated rings. The Morgan fingerprint density at radius 1 is 1.05 bits per heavy atom. The number of rotatable bonds is 4. The van der Waals surface area contributed by atoms with Crippen molar-refractivity contribution in [3.05, 3.63) is 65.2 Å². The summed E-state index contributed by atoms with van der Waals surface area (Å²) in [5.74, 6) is -0.304. The molecule has 0 unspecified atom stereocenters. The van der Waals surface area contributed by atoms with Crippen LogP contribution in [0.4, 0.5) is 0 Å². The van der Waals surface area contributed by atoms with Crippen LogP contribution in [0.25, 0.3) is 0 Å². The van der Waals surface area contributed by atoms with Gasteiger partial charge in [0.25, 0.3) is 5.91 Å². The third kappa shape index (κ3) is 4.18. The summed E-state index contributed by atoms with van der Waals surface area (Å²) in [6.07, 6.45) is 0. The van der Waals surface area contributed by atoms with Gasteiger partial charge in [-0.15, -0.1) is 0 Å². The first kappa shape index (κ1) is 14.8. The van der Waals surface area contributed by atoms with Gasteiger partial charge in [-0.2, -0.15) is 0 Å². The summed E-state index contributed by atoms with van der Waals surface area (Å²) in [5, 5.41) is 2.56. The number of ether oxygens (including phenoxy) is 1. The predicted octanol–water partition coefficient (Wildman–Crippen LogP) is 2.64. The van der Waals surface area contributed by atoms with Crippen molar-refractivity contribution >= 4 is 11.9 Å². The van der Waals surface area contributed by atoms with Gasteiger partial charge in [-0.05, 0) is 43.2 Å². The number of nitrogens with one attached hydrogen (secondary N) is 1. The molecule has 0 saturated carbocycles. The fourth-order valence-electron chi connectivity index (χ4n) is 1.92. The molecule has 0 saturated heterocycles. The van der Waals surface area contributed by atoms with Crippen LogP contribution >= 0.6 is 0 Å². The van der Waals surface area contributed by atoms with Crippen LogP contribution in [0.15, 0.2) is 48.5 Å². The van der Waals surface area contributed by atoms with E-state index in [0.29, 0.717) is 11.3 Å². The van der Waals surface area contributed by atoms with Gasteiger partial charge in [0, 0.05) is 5.56 Å². The molecule has 0 aliphatic heterocycles. The summed E-state index contributed by atoms with van der Waals surface area (Å²) in [6.45, 7) is 3.60. The molecule has 0 radical (unpaired) electrons. The zero-order chi connectivity index (χ0) is 15.2. The molecule has 2 aromatic carbocycles. The van der Waals surface area contributed by atoms with Crippen molar-refractivity contribution in [3.63, 3.8) is 0 Å². The maximum absolute atomic E-state index is 12.0. The van der Waals surface area contributed by atoms with Crippen LogP contribution in [0.1, 0.15) is 21.5 Å². The Morgan fingerprint density at radius 2 is 1.81 bits per heavy atom. The zero-order valence-corrected chi connectivity index (χ0v) is 12.1. The first-order valence-electron chi connectivity index (χ1n) is 6.67. The second kappa shape index (κ2) is 6.70. The highest BCUT2D eigenvalue weighted by Crippen LogP contribution is 2.12. The average molecular weight is 283 g/mol. The molecule has 1 amide bonds. The summed E-state index contributed by atoms with van der Waals surface area (Å²) < 4.78 is 5.16. The van der Waals surface area contributed by atoms with E-state index in [0.717, 1.165) is 11.1 Å². The summed E-state index contributed by atoms with van der Waals surface area (Å²) in [7, 11) is 0. The molecule has 0 spiro atoms. The fraction of sp³-hybridized carbons (Fsp3) is 0.176. The lowest BCUT2D eigenvalue weighted by Crippen LogP contribution is -2.32. The van der Waals surface area contributed by atoms with Gasteiger partial charge in [0.05, 0.1) is 0 Å². The molecule has 0 aromatic heterocycles. The van der Waals surface area contributed by atoms with Crippen molar-refractivity contribution in [2.75, 3.05) is 6.54 Å². The highest BCUT2D eigenvalue weighted by Gasteiger charge is 2.11. The quantitative estimate of drug-likeness (QED) is 0.693. The molecule has 0 aliphatic carbocycles. The number of carbonyl (C=O) groups is 2. The molecule has 2 rings (SSSR count). The molecule has 4 heteroatoms. The number of hydrogen-bond acceptors (Lipinski definition) is 3. The van der Waals surface area contributed by atoms with Gasteiger partial charge in [0.15, 0.2) is 0 Å². The molecule has 0 atom stereocenters. The second-order valence-corrected chi connectivity index (χ2v) is 4.79. The van der Waals surface area contributed by atoms with Gasteiger partial charge in [-0.25, -0.2) is 4.79 Å². The Morgan fingerprint density at radius 3 is 2.52 bits per heavy atom. The summed E-state index contributed by atoms with van der Waals surface area (Å²) in [6, 6.07) is 14.4. The Hall–Kier alpha value is -2.62. The highest BCUT2D eigenvalue weighted by atomic mass is 16.5. The van der Waals surface area contributed by atoms with Crippen LogP contribution in [-0.2, 0) is 4.79 Å². The summed E-state index contributed by atoms with van der Waals surface area (Å²) in [5.41, 5.74) is 2.42. The van der Waals surface area contributed by atoms with Gasteiger partial charge in [-0.3, -0.25) is 4.79 Å². The molecule has 4 nitrogen and oxygen atoms in total. The minimum Gasteiger partial charge on any atom is -0.425 e. The summed E-state index contributed by atoms with van der Waals surface area (Å²) in [4.78, 5) is 23.7. The molecular formula is C17H17NO3. The first-order valence-corrected chi connectivity index (χ1v) is 6.67. The van der Waals surface area contributed by atoms with Gasteiger partial charge in [0.1, 0.15) is 12.3 Å². The lowest BCUT2D eigenvalue weighted by molar-refractivity contribution is -0.133. The van der Waals surface area contributed by atoms with E-state index in [1.165, 1.54) is 0 Å². The zero-order valence-electron chi connectivity index (χ0n) is 12.1. The molecule has 108 valence electrons. The van der Waals surface area contributed by atoms with Crippen LogP contribution in [0.5, 0.6) is 5.75 Å². The number of benzene rings is 2. The third-order valence-electron chi connectivity index (χ3n) is 3.00. The van der Waals surface area contributed by atoms with E-state index in [-0.39, 0.29) is 12.5 Å². The van der Waals surface area contributed by atoms with Crippen molar-refractivity contribution in [3.8, 4) is 5.75 Å². The van der Waals surface area contributed by atoms with Crippen molar-refractivity contribution in [2.24, 2.45) is 0 Å². The monoisotopic (exact) mass is 283 g/mol. The maximum atomic E-state index is 12.0. The summed E-state index contributed by atoms with van der Waals surface area (Å²) >= 11 is 0. The molecule has 0 aliphatic rings. The van der Waals surface area contributed by atoms with Crippen LogP contribution in [0, 0.1) is 13.8 Å². The van der Waals surface area contributed by atoms with Gasteiger partial charge in [0.2, 0.25) is 0 Å². The minimum absolute atomic E-state index is 0.166. The number of aryl methyl sites for hydroxylation is 2. The van der Waals surface area contributed by atoms with Crippen molar-refractivity contribution in [1.29, 1.82) is 0 Å². The fourth-order valence-corrected chi connectivity index (χ4v) is 1.92. The largest absolute Gasteiger partial charge is 0.425 e. The topological polar surface area (TPSA) is 55.4 Å². The Balaban J connectivity index is 1.90. The van der Waals surface area contributed by atoms with Crippen LogP contribution < -0.4 is 10.1 Å². The molecule has 21 heavy (non-hydrogen) atoms. The van der Waals surface area contributed by atoms with Gasteiger partial charge >= 0.3 is 5.97 Å². The number of carbonyl (C=O) groups excluding carboxylic acids is 2. The van der Waals surface area contributed by atoms with E-state index in [9.17, 15) is 9.59 Å². The van der Waals surface area contributed by atoms with E-state index in [4.69, 9.17) is 4.74 Å². The SMILES string of the molecule is Cc1cccc(OC(=O)CNC(=O)c2ccccc2C)c1. The second-order valence-electron chi connectivity index (χ2n) is 4.79. The molecular weight excluding hydrogens is 266 g/mol. The third-order valence-corrected chi connectivity index (χ3v) is 3.00. The predicted molar refractivity (Wildman–Crippen MR) is 80.3 cm³/mol. The molecule has 0 heterocycles. The number of amides is 1. The maximum Gasteiger partial charge on any atom is 0.330 e. The first-order chi connectivity index (χ1) is 10.1. The van der Waals surface area contributed by atoms with Crippen molar-refractivity contribution < 1.29 is 14.3 Å². The number of esters is 1. The Bertz CT molecular complexity index is 665. The molecule has 0 bridgehead atoms. The van der Waals surface area contributed by atoms with Gasteiger partial charge < -0.3 is 10.1 Å². The van der Waals surface area contributed by atoms with E-state index < -0.39 is 5.97 Å². The molecule has 2 aromatic rings. The lowest BCUT2D eigenvalue weighted by atomic mass is 10.1. The average Bonchev–Trinajstić information content (AvgIpc) is 2.45. The van der Waals surface area contributed by atoms with Crippen molar-refractivity contribution in [2.45, 2.75) is 13.8 Å². The van der Waals surface area contributed by atoms with E-state index in [1.807, 2.05) is 38.1 Å². The lowest BCUT2D eigenvalue weighted by Gasteiger charge is -2.08. The van der Waals surface area contributed by atoms with E-state index in [1.54, 1.807) is 24.3 Å².